The van der Waals surface area contributed by atoms with Gasteiger partial charge in [-0.15, -0.1) is 13.2 Å². The van der Waals surface area contributed by atoms with Crippen LogP contribution in [-0.4, -0.2) is 21.3 Å². The van der Waals surface area contributed by atoms with E-state index in [0.29, 0.717) is 26.9 Å². The van der Waals surface area contributed by atoms with Crippen molar-refractivity contribution in [1.29, 1.82) is 0 Å². The predicted molar refractivity (Wildman–Crippen MR) is 71.7 cm³/mol. The Morgan fingerprint density at radius 3 is 2.48 bits per heavy atom. The molecule has 0 aliphatic carbocycles. The number of rotatable bonds is 2. The van der Waals surface area contributed by atoms with Gasteiger partial charge in [0.2, 0.25) is 0 Å². The minimum atomic E-state index is -4.71. The van der Waals surface area contributed by atoms with Gasteiger partial charge in [0.1, 0.15) is 5.75 Å². The number of hydrogen-bond donors (Lipinski definition) is 1. The normalized spacial score (nSPS) is 11.8. The number of alkyl halides is 3. The summed E-state index contributed by atoms with van der Waals surface area (Å²) >= 11 is 1.19. The molecule has 0 fully saturated rings. The van der Waals surface area contributed by atoms with Gasteiger partial charge in [0.25, 0.3) is 0 Å². The third-order valence-corrected chi connectivity index (χ3v) is 3.29. The fraction of sp³-hybridized carbons (Fsp3) is 0.0833. The number of nitrogens with two attached hydrogens (primary N) is 1. The van der Waals surface area contributed by atoms with Crippen LogP contribution in [0.2, 0.25) is 0 Å². The van der Waals surface area contributed by atoms with Crippen LogP contribution < -0.4 is 10.5 Å². The van der Waals surface area contributed by atoms with Crippen LogP contribution in [0.3, 0.4) is 0 Å². The molecule has 0 spiro atoms. The zero-order chi connectivity index (χ0) is 15.0. The second-order valence-corrected chi connectivity index (χ2v) is 5.02. The number of hydrogen-bond acceptors (Lipinski definition) is 6. The Balaban J connectivity index is 1.91. The van der Waals surface area contributed by atoms with E-state index in [1.807, 2.05) is 0 Å². The maximum absolute atomic E-state index is 12.1. The molecule has 1 aromatic carbocycles. The summed E-state index contributed by atoms with van der Waals surface area (Å²) in [7, 11) is 0. The second-order valence-electron chi connectivity index (χ2n) is 4.01. The lowest BCUT2D eigenvalue weighted by Gasteiger charge is -2.09. The molecule has 0 saturated heterocycles. The lowest BCUT2D eigenvalue weighted by Crippen LogP contribution is -2.16. The summed E-state index contributed by atoms with van der Waals surface area (Å²) in [5.41, 5.74) is 7.14. The molecule has 2 aromatic heterocycles. The van der Waals surface area contributed by atoms with Crippen molar-refractivity contribution >= 4 is 26.9 Å². The Labute approximate surface area is 120 Å². The third-order valence-electron chi connectivity index (χ3n) is 2.52. The molecule has 5 nitrogen and oxygen atoms in total. The van der Waals surface area contributed by atoms with Crippen molar-refractivity contribution in [1.82, 2.24) is 15.0 Å². The summed E-state index contributed by atoms with van der Waals surface area (Å²) in [4.78, 5) is 13.0. The largest absolute Gasteiger partial charge is 0.573 e. The molecule has 2 N–H and O–H groups in total. The molecule has 2 heterocycles. The molecule has 0 atom stereocenters. The number of aromatic nitrogens is 3. The fourth-order valence-corrected chi connectivity index (χ4v) is 2.37. The monoisotopic (exact) mass is 312 g/mol. The van der Waals surface area contributed by atoms with Crippen LogP contribution in [0.4, 0.5) is 18.3 Å². The van der Waals surface area contributed by atoms with Crippen LogP contribution in [0.1, 0.15) is 0 Å². The minimum Gasteiger partial charge on any atom is -0.406 e. The fourth-order valence-electron chi connectivity index (χ4n) is 1.70. The molecule has 0 bridgehead atoms. The Morgan fingerprint density at radius 2 is 1.81 bits per heavy atom. The van der Waals surface area contributed by atoms with Crippen molar-refractivity contribution < 1.29 is 17.9 Å². The molecular weight excluding hydrogens is 305 g/mol. The number of fused-ring (bicyclic) bond motifs is 1. The number of nitrogen functional groups attached to an aromatic ring is 1. The number of benzene rings is 1. The summed E-state index contributed by atoms with van der Waals surface area (Å²) in [6, 6.07) is 5.38. The number of anilines is 1. The van der Waals surface area contributed by atoms with Crippen molar-refractivity contribution in [2.24, 2.45) is 0 Å². The Morgan fingerprint density at radius 1 is 1.10 bits per heavy atom. The Bertz CT molecular complexity index is 785. The van der Waals surface area contributed by atoms with Crippen molar-refractivity contribution in [2.75, 3.05) is 5.73 Å². The summed E-state index contributed by atoms with van der Waals surface area (Å²) in [6.45, 7) is 0. The molecule has 0 saturated carbocycles. The molecular formula is C12H7F3N4OS. The summed E-state index contributed by atoms with van der Waals surface area (Å²) in [5, 5.41) is 0.357. The first-order valence-electron chi connectivity index (χ1n) is 5.66. The van der Waals surface area contributed by atoms with Crippen molar-refractivity contribution in [2.45, 2.75) is 6.36 Å². The highest BCUT2D eigenvalue weighted by Gasteiger charge is 2.30. The molecule has 3 rings (SSSR count). The average Bonchev–Trinajstić information content (AvgIpc) is 2.76. The molecule has 0 amide bonds. The maximum atomic E-state index is 12.1. The first-order valence-corrected chi connectivity index (χ1v) is 6.47. The molecule has 0 unspecified atom stereocenters. The topological polar surface area (TPSA) is 73.9 Å². The van der Waals surface area contributed by atoms with E-state index in [1.165, 1.54) is 41.8 Å². The standard InChI is InChI=1S/C12H7F3N4OS/c13-12(14,15)20-7-3-1-6(2-4-7)8-5-17-9-10(18-8)21-11(16)19-9/h1-5H,(H2,16,17,19). The third kappa shape index (κ3) is 3.02. The van der Waals surface area contributed by atoms with Gasteiger partial charge in [0, 0.05) is 5.56 Å². The molecule has 0 radical (unpaired) electrons. The van der Waals surface area contributed by atoms with Crippen molar-refractivity contribution in [3.63, 3.8) is 0 Å². The number of ether oxygens (including phenoxy) is 1. The molecule has 0 aliphatic heterocycles. The first kappa shape index (κ1) is 13.6. The summed E-state index contributed by atoms with van der Waals surface area (Å²) < 4.78 is 40.0. The zero-order valence-corrected chi connectivity index (χ0v) is 11.1. The van der Waals surface area contributed by atoms with E-state index < -0.39 is 6.36 Å². The van der Waals surface area contributed by atoms with Crippen LogP contribution in [0.15, 0.2) is 30.5 Å². The lowest BCUT2D eigenvalue weighted by molar-refractivity contribution is -0.274. The molecule has 9 heteroatoms. The van der Waals surface area contributed by atoms with Crippen molar-refractivity contribution in [3.8, 4) is 17.0 Å². The van der Waals surface area contributed by atoms with Crippen LogP contribution in [-0.2, 0) is 0 Å². The molecule has 108 valence electrons. The lowest BCUT2D eigenvalue weighted by atomic mass is 10.1. The Kier molecular flexibility index (Phi) is 3.13. The number of nitrogens with zero attached hydrogens (tertiary/aromatic N) is 3. The number of thiazole rings is 1. The summed E-state index contributed by atoms with van der Waals surface area (Å²) in [5.74, 6) is -0.290. The van der Waals surface area contributed by atoms with E-state index in [0.717, 1.165) is 0 Å². The average molecular weight is 312 g/mol. The smallest absolute Gasteiger partial charge is 0.406 e. The molecule has 0 aliphatic rings. The first-order chi connectivity index (χ1) is 9.90. The van der Waals surface area contributed by atoms with Gasteiger partial charge in [-0.3, -0.25) is 0 Å². The minimum absolute atomic E-state index is 0.290. The van der Waals surface area contributed by atoms with Gasteiger partial charge in [-0.05, 0) is 24.3 Å². The van der Waals surface area contributed by atoms with Crippen LogP contribution in [0.25, 0.3) is 21.7 Å². The van der Waals surface area contributed by atoms with Gasteiger partial charge < -0.3 is 10.5 Å². The van der Waals surface area contributed by atoms with E-state index in [2.05, 4.69) is 19.7 Å². The van der Waals surface area contributed by atoms with E-state index in [9.17, 15) is 13.2 Å². The van der Waals surface area contributed by atoms with Crippen molar-refractivity contribution in [3.05, 3.63) is 30.5 Å². The van der Waals surface area contributed by atoms with Gasteiger partial charge in [-0.25, -0.2) is 9.97 Å². The molecule has 3 aromatic rings. The predicted octanol–water partition coefficient (Wildman–Crippen LogP) is 3.23. The van der Waals surface area contributed by atoms with Gasteiger partial charge in [0.05, 0.1) is 11.9 Å². The van der Waals surface area contributed by atoms with Crippen LogP contribution in [0, 0.1) is 0 Å². The van der Waals surface area contributed by atoms with E-state index in [1.54, 1.807) is 0 Å². The van der Waals surface area contributed by atoms with Gasteiger partial charge in [-0.2, -0.15) is 4.98 Å². The Hall–Kier alpha value is -2.42. The maximum Gasteiger partial charge on any atom is 0.573 e. The van der Waals surface area contributed by atoms with Crippen LogP contribution in [0.5, 0.6) is 5.75 Å². The van der Waals surface area contributed by atoms with Gasteiger partial charge in [0.15, 0.2) is 15.6 Å². The highest BCUT2D eigenvalue weighted by molar-refractivity contribution is 7.21. The van der Waals surface area contributed by atoms with Gasteiger partial charge >= 0.3 is 6.36 Å². The highest BCUT2D eigenvalue weighted by Crippen LogP contribution is 2.27. The highest BCUT2D eigenvalue weighted by atomic mass is 32.1. The van der Waals surface area contributed by atoms with Gasteiger partial charge in [-0.1, -0.05) is 11.3 Å². The van der Waals surface area contributed by atoms with E-state index in [-0.39, 0.29) is 5.75 Å². The molecule has 21 heavy (non-hydrogen) atoms. The SMILES string of the molecule is Nc1nc2ncc(-c3ccc(OC(F)(F)F)cc3)nc2s1. The quantitative estimate of drug-likeness (QED) is 0.786. The second kappa shape index (κ2) is 4.85. The van der Waals surface area contributed by atoms with E-state index in [4.69, 9.17) is 5.73 Å². The van der Waals surface area contributed by atoms with E-state index >= 15 is 0 Å². The van der Waals surface area contributed by atoms with Crippen LogP contribution >= 0.6 is 11.3 Å². The summed E-state index contributed by atoms with van der Waals surface area (Å²) in [6.07, 6.45) is -3.22. The number of halogens is 3. The zero-order valence-electron chi connectivity index (χ0n) is 10.3.